The Labute approximate surface area is 145 Å². The van der Waals surface area contributed by atoms with Crippen LogP contribution >= 0.6 is 0 Å². The zero-order valence-electron chi connectivity index (χ0n) is 13.6. The van der Waals surface area contributed by atoms with Crippen LogP contribution in [0.25, 0.3) is 10.8 Å². The fourth-order valence-electron chi connectivity index (χ4n) is 3.77. The van der Waals surface area contributed by atoms with Gasteiger partial charge in [0.1, 0.15) is 0 Å². The Morgan fingerprint density at radius 1 is 1.08 bits per heavy atom. The molecule has 1 aliphatic heterocycles. The summed E-state index contributed by atoms with van der Waals surface area (Å²) in [4.78, 5) is 24.1. The molecule has 0 spiro atoms. The van der Waals surface area contributed by atoms with E-state index in [1.165, 1.54) is 0 Å². The van der Waals surface area contributed by atoms with Crippen molar-refractivity contribution in [1.82, 2.24) is 5.32 Å². The van der Waals surface area contributed by atoms with E-state index in [4.69, 9.17) is 4.74 Å². The Bertz CT molecular complexity index is 873. The molecule has 5 nitrogen and oxygen atoms in total. The smallest absolute Gasteiger partial charge is 0.336 e. The van der Waals surface area contributed by atoms with Gasteiger partial charge in [0.25, 0.3) is 5.91 Å². The molecule has 0 aromatic heterocycles. The Hall–Kier alpha value is -2.66. The van der Waals surface area contributed by atoms with Crippen LogP contribution in [0.3, 0.4) is 0 Å². The lowest BCUT2D eigenvalue weighted by Crippen LogP contribution is -2.33. The van der Waals surface area contributed by atoms with E-state index < -0.39 is 5.97 Å². The highest BCUT2D eigenvalue weighted by molar-refractivity contribution is 6.12. The van der Waals surface area contributed by atoms with E-state index in [1.54, 1.807) is 36.4 Å². The number of fused-ring (bicyclic) bond motifs is 3. The molecule has 5 heteroatoms. The van der Waals surface area contributed by atoms with Crippen molar-refractivity contribution in [3.8, 4) is 0 Å². The molecule has 1 aliphatic carbocycles. The maximum absolute atomic E-state index is 12.7. The second kappa shape index (κ2) is 6.33. The topological polar surface area (TPSA) is 75.6 Å². The van der Waals surface area contributed by atoms with Gasteiger partial charge >= 0.3 is 5.97 Å². The van der Waals surface area contributed by atoms with Gasteiger partial charge in [0, 0.05) is 12.1 Å². The number of amides is 1. The highest BCUT2D eigenvalue weighted by atomic mass is 16.5. The molecule has 2 aromatic carbocycles. The number of carbonyl (C=O) groups is 2. The first-order valence-electron chi connectivity index (χ1n) is 8.46. The third kappa shape index (κ3) is 2.91. The molecule has 2 aliphatic rings. The van der Waals surface area contributed by atoms with Crippen molar-refractivity contribution in [2.45, 2.75) is 12.5 Å². The third-order valence-electron chi connectivity index (χ3n) is 5.13. The van der Waals surface area contributed by atoms with Gasteiger partial charge in [-0.1, -0.05) is 36.4 Å². The number of benzene rings is 2. The van der Waals surface area contributed by atoms with Crippen molar-refractivity contribution in [1.29, 1.82) is 0 Å². The molecule has 0 saturated carbocycles. The lowest BCUT2D eigenvalue weighted by Gasteiger charge is -2.22. The number of carbonyl (C=O) groups excluding carboxylic acids is 1. The van der Waals surface area contributed by atoms with E-state index in [-0.39, 0.29) is 23.5 Å². The average Bonchev–Trinajstić information content (AvgIpc) is 3.01. The van der Waals surface area contributed by atoms with Gasteiger partial charge in [-0.2, -0.15) is 0 Å². The van der Waals surface area contributed by atoms with Crippen molar-refractivity contribution >= 4 is 22.6 Å². The predicted octanol–water partition coefficient (Wildman–Crippen LogP) is 2.86. The van der Waals surface area contributed by atoms with Crippen LogP contribution in [0, 0.1) is 11.8 Å². The van der Waals surface area contributed by atoms with E-state index in [2.05, 4.69) is 17.5 Å². The number of nitrogens with one attached hydrogen (secondary N) is 1. The number of carboxylic acids is 1. The molecular weight excluding hydrogens is 318 g/mol. The van der Waals surface area contributed by atoms with E-state index >= 15 is 0 Å². The van der Waals surface area contributed by atoms with Gasteiger partial charge in [-0.15, -0.1) is 0 Å². The van der Waals surface area contributed by atoms with Crippen molar-refractivity contribution in [2.75, 3.05) is 13.2 Å². The Kier molecular flexibility index (Phi) is 4.01. The summed E-state index contributed by atoms with van der Waals surface area (Å²) >= 11 is 0. The maximum atomic E-state index is 12.7. The zero-order chi connectivity index (χ0) is 17.4. The van der Waals surface area contributed by atoms with Gasteiger partial charge in [0.05, 0.1) is 18.3 Å². The molecule has 3 atom stereocenters. The quantitative estimate of drug-likeness (QED) is 0.841. The average molecular weight is 337 g/mol. The highest BCUT2D eigenvalue weighted by Gasteiger charge is 2.33. The lowest BCUT2D eigenvalue weighted by molar-refractivity contribution is 0.0698. The molecule has 128 valence electrons. The van der Waals surface area contributed by atoms with Crippen LogP contribution in [-0.4, -0.2) is 36.2 Å². The van der Waals surface area contributed by atoms with Crippen LogP contribution < -0.4 is 5.32 Å². The predicted molar refractivity (Wildman–Crippen MR) is 93.7 cm³/mol. The largest absolute Gasteiger partial charge is 0.478 e. The van der Waals surface area contributed by atoms with Gasteiger partial charge in [-0.25, -0.2) is 4.79 Å². The van der Waals surface area contributed by atoms with Gasteiger partial charge in [-0.05, 0) is 41.2 Å². The van der Waals surface area contributed by atoms with Gasteiger partial charge < -0.3 is 15.2 Å². The molecular formula is C20H19NO4. The van der Waals surface area contributed by atoms with Crippen molar-refractivity contribution in [3.05, 3.63) is 59.7 Å². The minimum Gasteiger partial charge on any atom is -0.478 e. The number of hydrogen-bond acceptors (Lipinski definition) is 3. The monoisotopic (exact) mass is 337 g/mol. The molecule has 4 rings (SSSR count). The summed E-state index contributed by atoms with van der Waals surface area (Å²) < 4.78 is 5.64. The normalized spacial score (nSPS) is 24.4. The van der Waals surface area contributed by atoms with Gasteiger partial charge in [0.15, 0.2) is 0 Å². The number of rotatable bonds is 4. The first kappa shape index (κ1) is 15.8. The van der Waals surface area contributed by atoms with Crippen molar-refractivity contribution < 1.29 is 19.4 Å². The van der Waals surface area contributed by atoms with Crippen LogP contribution in [0.1, 0.15) is 27.1 Å². The maximum Gasteiger partial charge on any atom is 0.336 e. The second-order valence-electron chi connectivity index (χ2n) is 6.64. The first-order chi connectivity index (χ1) is 12.1. The summed E-state index contributed by atoms with van der Waals surface area (Å²) in [6.07, 6.45) is 5.48. The standard InChI is InChI=1S/C20H19NO4/c22-19(21-10-12-7-8-14-9-13(12)11-25-14)17-5-1-4-16-15(17)3-2-6-18(16)20(23)24/h1-8,12-14H,9-11H2,(H,21,22)(H,23,24)/t12-,13+,14-/m0/s1. The fraction of sp³-hybridized carbons (Fsp3) is 0.300. The molecule has 0 radical (unpaired) electrons. The molecule has 25 heavy (non-hydrogen) atoms. The molecule has 0 unspecified atom stereocenters. The van der Waals surface area contributed by atoms with Crippen LogP contribution in [0.2, 0.25) is 0 Å². The molecule has 1 saturated heterocycles. The summed E-state index contributed by atoms with van der Waals surface area (Å²) in [5.41, 5.74) is 0.706. The van der Waals surface area contributed by atoms with Crippen LogP contribution in [0.5, 0.6) is 0 Å². The molecule has 1 amide bonds. The highest BCUT2D eigenvalue weighted by Crippen LogP contribution is 2.32. The fourth-order valence-corrected chi connectivity index (χ4v) is 3.77. The van der Waals surface area contributed by atoms with Gasteiger partial charge in [-0.3, -0.25) is 4.79 Å². The van der Waals surface area contributed by atoms with Crippen molar-refractivity contribution in [2.24, 2.45) is 11.8 Å². The molecule has 2 bridgehead atoms. The van der Waals surface area contributed by atoms with Crippen LogP contribution in [0.4, 0.5) is 0 Å². The Morgan fingerprint density at radius 3 is 2.56 bits per heavy atom. The van der Waals surface area contributed by atoms with E-state index in [0.717, 1.165) is 13.0 Å². The van der Waals surface area contributed by atoms with E-state index in [9.17, 15) is 14.7 Å². The summed E-state index contributed by atoms with van der Waals surface area (Å²) in [7, 11) is 0. The van der Waals surface area contributed by atoms with Crippen molar-refractivity contribution in [3.63, 3.8) is 0 Å². The molecule has 1 heterocycles. The number of carboxylic acid groups (broad SMARTS) is 1. The zero-order valence-corrected chi connectivity index (χ0v) is 13.6. The van der Waals surface area contributed by atoms with E-state index in [1.807, 2.05) is 0 Å². The summed E-state index contributed by atoms with van der Waals surface area (Å²) in [5.74, 6) is -0.428. The minimum atomic E-state index is -0.994. The summed E-state index contributed by atoms with van der Waals surface area (Å²) in [6.45, 7) is 1.31. The van der Waals surface area contributed by atoms with Crippen LogP contribution in [-0.2, 0) is 4.74 Å². The Morgan fingerprint density at radius 2 is 1.80 bits per heavy atom. The minimum absolute atomic E-state index is 0.178. The Balaban J connectivity index is 1.56. The SMILES string of the molecule is O=C(O)c1cccc2c(C(=O)NC[C@@H]3C=C[C@H]4C[C@@H]3CO4)cccc12. The number of hydrogen-bond donors (Lipinski definition) is 2. The third-order valence-corrected chi connectivity index (χ3v) is 5.13. The first-order valence-corrected chi connectivity index (χ1v) is 8.46. The second-order valence-corrected chi connectivity index (χ2v) is 6.64. The molecule has 2 N–H and O–H groups in total. The van der Waals surface area contributed by atoms with Crippen LogP contribution in [0.15, 0.2) is 48.6 Å². The summed E-state index contributed by atoms with van der Waals surface area (Å²) in [6, 6.07) is 10.2. The number of aromatic carboxylic acids is 1. The lowest BCUT2D eigenvalue weighted by atomic mass is 9.85. The summed E-state index contributed by atoms with van der Waals surface area (Å²) in [5, 5.41) is 13.6. The molecule has 1 fully saturated rings. The van der Waals surface area contributed by atoms with E-state index in [0.29, 0.717) is 28.8 Å². The molecule has 2 aromatic rings. The van der Waals surface area contributed by atoms with Gasteiger partial charge in [0.2, 0.25) is 0 Å². The number of ether oxygens (including phenoxy) is 1.